The summed E-state index contributed by atoms with van der Waals surface area (Å²) < 4.78 is 0. The largest absolute Gasteiger partial charge is 0.350 e. The Balaban J connectivity index is 1.84. The standard InChI is InChI=1S/C20H19ClN2O2S/c1-3-12(2)22-19(24)14-8-9-17-16(10-14)23-20(25)18(26-17)11-13-6-4-5-7-15(13)21/h4-12H,3H2,1-2H3,(H,22,24)(H,23,25). The number of hydrogen-bond acceptors (Lipinski definition) is 3. The maximum Gasteiger partial charge on any atom is 0.262 e. The topological polar surface area (TPSA) is 58.2 Å². The molecule has 0 spiro atoms. The Bertz CT molecular complexity index is 895. The van der Waals surface area contributed by atoms with Crippen molar-refractivity contribution >= 4 is 46.9 Å². The lowest BCUT2D eigenvalue weighted by molar-refractivity contribution is -0.112. The van der Waals surface area contributed by atoms with Crippen LogP contribution in [-0.2, 0) is 4.79 Å². The lowest BCUT2D eigenvalue weighted by Gasteiger charge is -2.20. The number of thioether (sulfide) groups is 1. The molecule has 3 rings (SSSR count). The number of anilines is 1. The predicted molar refractivity (Wildman–Crippen MR) is 108 cm³/mol. The number of halogens is 1. The van der Waals surface area contributed by atoms with E-state index in [-0.39, 0.29) is 17.9 Å². The third-order valence-corrected chi connectivity index (χ3v) is 5.56. The molecule has 1 heterocycles. The van der Waals surface area contributed by atoms with Gasteiger partial charge in [-0.25, -0.2) is 0 Å². The summed E-state index contributed by atoms with van der Waals surface area (Å²) in [7, 11) is 0. The highest BCUT2D eigenvalue weighted by atomic mass is 35.5. The van der Waals surface area contributed by atoms with Crippen molar-refractivity contribution < 1.29 is 9.59 Å². The first kappa shape index (κ1) is 18.5. The fourth-order valence-corrected chi connectivity index (χ4v) is 3.56. The first-order valence-electron chi connectivity index (χ1n) is 8.38. The Morgan fingerprint density at radius 3 is 2.81 bits per heavy atom. The van der Waals surface area contributed by atoms with Gasteiger partial charge in [0.05, 0.1) is 10.6 Å². The zero-order chi connectivity index (χ0) is 18.7. The van der Waals surface area contributed by atoms with Crippen LogP contribution < -0.4 is 10.6 Å². The molecular weight excluding hydrogens is 368 g/mol. The molecule has 6 heteroatoms. The molecule has 0 bridgehead atoms. The maximum atomic E-state index is 12.4. The Morgan fingerprint density at radius 2 is 2.08 bits per heavy atom. The van der Waals surface area contributed by atoms with Gasteiger partial charge in [-0.15, -0.1) is 0 Å². The quantitative estimate of drug-likeness (QED) is 0.730. The second-order valence-electron chi connectivity index (χ2n) is 6.08. The minimum atomic E-state index is -0.207. The first-order chi connectivity index (χ1) is 12.5. The lowest BCUT2D eigenvalue weighted by Crippen LogP contribution is -2.32. The van der Waals surface area contributed by atoms with Gasteiger partial charge in [-0.3, -0.25) is 9.59 Å². The van der Waals surface area contributed by atoms with Crippen LogP contribution in [0.25, 0.3) is 6.08 Å². The van der Waals surface area contributed by atoms with Crippen molar-refractivity contribution in [3.63, 3.8) is 0 Å². The van der Waals surface area contributed by atoms with E-state index in [1.54, 1.807) is 24.3 Å². The highest BCUT2D eigenvalue weighted by Crippen LogP contribution is 2.39. The minimum absolute atomic E-state index is 0.104. The van der Waals surface area contributed by atoms with Gasteiger partial charge in [0.1, 0.15) is 0 Å². The number of benzene rings is 2. The van der Waals surface area contributed by atoms with Crippen LogP contribution in [0.5, 0.6) is 0 Å². The molecular formula is C20H19ClN2O2S. The maximum absolute atomic E-state index is 12.4. The summed E-state index contributed by atoms with van der Waals surface area (Å²) in [5, 5.41) is 6.38. The molecule has 1 atom stereocenters. The Labute approximate surface area is 162 Å². The molecule has 4 nitrogen and oxygen atoms in total. The number of nitrogens with one attached hydrogen (secondary N) is 2. The number of carbonyl (C=O) groups is 2. The summed E-state index contributed by atoms with van der Waals surface area (Å²) in [5.41, 5.74) is 1.97. The zero-order valence-corrected chi connectivity index (χ0v) is 16.1. The SMILES string of the molecule is CCC(C)NC(=O)c1ccc2c(c1)NC(=O)C(=Cc1ccccc1Cl)S2. The van der Waals surface area contributed by atoms with E-state index >= 15 is 0 Å². The average molecular weight is 387 g/mol. The van der Waals surface area contributed by atoms with Crippen molar-refractivity contribution in [2.75, 3.05) is 5.32 Å². The molecule has 2 aromatic rings. The summed E-state index contributed by atoms with van der Waals surface area (Å²) in [5.74, 6) is -0.347. The zero-order valence-electron chi connectivity index (χ0n) is 14.5. The van der Waals surface area contributed by atoms with Crippen LogP contribution in [0.3, 0.4) is 0 Å². The van der Waals surface area contributed by atoms with Crippen molar-refractivity contribution in [2.24, 2.45) is 0 Å². The van der Waals surface area contributed by atoms with Gasteiger partial charge < -0.3 is 10.6 Å². The van der Waals surface area contributed by atoms with Crippen LogP contribution in [0.1, 0.15) is 36.2 Å². The van der Waals surface area contributed by atoms with Crippen LogP contribution >= 0.6 is 23.4 Å². The Hall–Kier alpha value is -2.24. The van der Waals surface area contributed by atoms with Crippen molar-refractivity contribution in [3.05, 3.63) is 63.5 Å². The molecule has 1 aliphatic rings. The fraction of sp³-hybridized carbons (Fsp3) is 0.200. The van der Waals surface area contributed by atoms with Gasteiger partial charge in [-0.1, -0.05) is 48.5 Å². The molecule has 2 amide bonds. The normalized spacial score (nSPS) is 16.0. The molecule has 2 N–H and O–H groups in total. The molecule has 0 saturated heterocycles. The first-order valence-corrected chi connectivity index (χ1v) is 9.57. The number of fused-ring (bicyclic) bond motifs is 1. The van der Waals surface area contributed by atoms with E-state index in [1.165, 1.54) is 11.8 Å². The molecule has 0 fully saturated rings. The third-order valence-electron chi connectivity index (χ3n) is 4.12. The summed E-state index contributed by atoms with van der Waals surface area (Å²) in [6.07, 6.45) is 2.63. The molecule has 0 aliphatic carbocycles. The van der Waals surface area contributed by atoms with Gasteiger partial charge in [0.15, 0.2) is 0 Å². The van der Waals surface area contributed by atoms with Crippen LogP contribution in [-0.4, -0.2) is 17.9 Å². The van der Waals surface area contributed by atoms with Gasteiger partial charge in [-0.2, -0.15) is 0 Å². The number of amides is 2. The van der Waals surface area contributed by atoms with Crippen molar-refractivity contribution in [1.82, 2.24) is 5.32 Å². The molecule has 2 aromatic carbocycles. The summed E-state index contributed by atoms with van der Waals surface area (Å²) in [6.45, 7) is 3.97. The monoisotopic (exact) mass is 386 g/mol. The van der Waals surface area contributed by atoms with Gasteiger partial charge in [0, 0.05) is 21.5 Å². The second-order valence-corrected chi connectivity index (χ2v) is 7.57. The van der Waals surface area contributed by atoms with E-state index in [2.05, 4.69) is 10.6 Å². The van der Waals surface area contributed by atoms with Gasteiger partial charge in [0.2, 0.25) is 0 Å². The molecule has 0 saturated carbocycles. The van der Waals surface area contributed by atoms with E-state index < -0.39 is 0 Å². The number of carbonyl (C=O) groups excluding carboxylic acids is 2. The van der Waals surface area contributed by atoms with Crippen LogP contribution in [0.15, 0.2) is 52.3 Å². The van der Waals surface area contributed by atoms with E-state index in [0.29, 0.717) is 21.2 Å². The van der Waals surface area contributed by atoms with E-state index in [0.717, 1.165) is 16.9 Å². The molecule has 0 aromatic heterocycles. The summed E-state index contributed by atoms with van der Waals surface area (Å²) >= 11 is 7.54. The molecule has 26 heavy (non-hydrogen) atoms. The van der Waals surface area contributed by atoms with Crippen LogP contribution in [0.2, 0.25) is 5.02 Å². The van der Waals surface area contributed by atoms with E-state index in [9.17, 15) is 9.59 Å². The second kappa shape index (κ2) is 7.98. The number of hydrogen-bond donors (Lipinski definition) is 2. The smallest absolute Gasteiger partial charge is 0.262 e. The van der Waals surface area contributed by atoms with E-state index in [4.69, 9.17) is 11.6 Å². The highest BCUT2D eigenvalue weighted by Gasteiger charge is 2.22. The Morgan fingerprint density at radius 1 is 1.31 bits per heavy atom. The number of rotatable bonds is 4. The lowest BCUT2D eigenvalue weighted by atomic mass is 10.1. The van der Waals surface area contributed by atoms with Crippen molar-refractivity contribution in [1.29, 1.82) is 0 Å². The van der Waals surface area contributed by atoms with E-state index in [1.807, 2.05) is 38.1 Å². The summed E-state index contributed by atoms with van der Waals surface area (Å²) in [6, 6.07) is 12.8. The minimum Gasteiger partial charge on any atom is -0.350 e. The van der Waals surface area contributed by atoms with Gasteiger partial charge >= 0.3 is 0 Å². The van der Waals surface area contributed by atoms with Crippen LogP contribution in [0, 0.1) is 0 Å². The molecule has 134 valence electrons. The van der Waals surface area contributed by atoms with Gasteiger partial charge in [0.25, 0.3) is 11.8 Å². The van der Waals surface area contributed by atoms with Crippen molar-refractivity contribution in [3.8, 4) is 0 Å². The Kier molecular flexibility index (Phi) is 5.69. The molecule has 1 aliphatic heterocycles. The van der Waals surface area contributed by atoms with Crippen LogP contribution in [0.4, 0.5) is 5.69 Å². The fourth-order valence-electron chi connectivity index (χ4n) is 2.44. The molecule has 1 unspecified atom stereocenters. The summed E-state index contributed by atoms with van der Waals surface area (Å²) in [4.78, 5) is 26.2. The van der Waals surface area contributed by atoms with Crippen molar-refractivity contribution in [2.45, 2.75) is 31.2 Å². The third kappa shape index (κ3) is 4.11. The van der Waals surface area contributed by atoms with Gasteiger partial charge in [-0.05, 0) is 49.2 Å². The predicted octanol–water partition coefficient (Wildman–Crippen LogP) is 4.95. The molecule has 0 radical (unpaired) electrons. The highest BCUT2D eigenvalue weighted by molar-refractivity contribution is 8.04. The average Bonchev–Trinajstić information content (AvgIpc) is 2.63.